The Bertz CT molecular complexity index is 2290. The molecule has 16 nitrogen and oxygen atoms in total. The summed E-state index contributed by atoms with van der Waals surface area (Å²) in [7, 11) is 0. The van der Waals surface area contributed by atoms with Crippen molar-refractivity contribution in [3.8, 4) is 0 Å². The average Bonchev–Trinajstić information content (AvgIpc) is 0.844. The van der Waals surface area contributed by atoms with Crippen molar-refractivity contribution in [2.24, 2.45) is 94.1 Å². The molecule has 0 saturated carbocycles. The minimum atomic E-state index is -1.11. The molecule has 0 radical (unpaired) electrons. The number of aliphatic carboxylic acids is 4. The lowest BCUT2D eigenvalue weighted by molar-refractivity contribution is -0.141. The van der Waals surface area contributed by atoms with Crippen molar-refractivity contribution in [1.29, 1.82) is 0 Å². The molecule has 4 rings (SSSR count). The maximum absolute atomic E-state index is 11.3. The summed E-state index contributed by atoms with van der Waals surface area (Å²) in [5, 5.41) is 113. The Balaban J connectivity index is 0.00000111. The summed E-state index contributed by atoms with van der Waals surface area (Å²) in [6.07, 6.45) is 16.1. The van der Waals surface area contributed by atoms with Crippen molar-refractivity contribution in [3.05, 3.63) is 93.9 Å². The van der Waals surface area contributed by atoms with Crippen LogP contribution in [0.3, 0.4) is 0 Å². The summed E-state index contributed by atoms with van der Waals surface area (Å²) < 4.78 is 0. The van der Waals surface area contributed by atoms with E-state index in [0.717, 1.165) is 22.3 Å². The van der Waals surface area contributed by atoms with Crippen molar-refractivity contribution in [2.45, 2.75) is 220 Å². The highest BCUT2D eigenvalue weighted by Gasteiger charge is 2.59. The van der Waals surface area contributed by atoms with Crippen LogP contribution < -0.4 is 0 Å². The van der Waals surface area contributed by atoms with Gasteiger partial charge >= 0.3 is 23.9 Å². The zero-order valence-electron chi connectivity index (χ0n) is 60.1. The fraction of sp³-hybridized carbons (Fsp3) is 0.726. The second kappa shape index (κ2) is 29.6. The highest BCUT2D eigenvalue weighted by Crippen LogP contribution is 2.64. The van der Waals surface area contributed by atoms with E-state index in [0.29, 0.717) is 48.7 Å². The van der Waals surface area contributed by atoms with E-state index in [4.69, 9.17) is 20.4 Å². The predicted octanol–water partition coefficient (Wildman–Crippen LogP) is 16.2. The first-order valence-electron chi connectivity index (χ1n) is 31.4. The third-order valence-corrected chi connectivity index (χ3v) is 20.7. The lowest BCUT2D eigenvalue weighted by Gasteiger charge is -2.55. The van der Waals surface area contributed by atoms with Crippen molar-refractivity contribution >= 4 is 23.9 Å². The van der Waals surface area contributed by atoms with Crippen LogP contribution in [0.4, 0.5) is 0 Å². The average molecular weight is 1260 g/mol. The van der Waals surface area contributed by atoms with E-state index in [-0.39, 0.29) is 43.3 Å². The fourth-order valence-corrected chi connectivity index (χ4v) is 15.0. The zero-order chi connectivity index (χ0) is 71.1. The number of allylic oxidation sites excluding steroid dienone is 12. The number of hydrogen-bond donors (Lipinski definition) is 12. The molecule has 0 saturated heterocycles. The third kappa shape index (κ3) is 17.7. The Morgan fingerprint density at radius 1 is 0.303 bits per heavy atom. The molecular weight excluding hydrogens is 1130 g/mol. The lowest BCUT2D eigenvalue weighted by Crippen LogP contribution is -2.49. The standard InChI is InChI=1S/4C17H28O3.C5H12O4/c4*1-11(14(19)20)12-8-9-13(18)17(10-12,15(2,3)4)16(5,6)7;6-1-5(2-7,3-8)4-9/h4*8-9,11,18H,10H2,1-7H3,(H,19,20);6-9H,1-4H2. The maximum Gasteiger partial charge on any atom is 0.310 e. The highest BCUT2D eigenvalue weighted by molar-refractivity contribution is 5.75. The summed E-state index contributed by atoms with van der Waals surface area (Å²) in [5.74, 6) is -3.93. The van der Waals surface area contributed by atoms with E-state index in [1.165, 1.54) is 0 Å². The van der Waals surface area contributed by atoms with Gasteiger partial charge in [-0.05, 0) is 121 Å². The summed E-state index contributed by atoms with van der Waals surface area (Å²) in [6.45, 7) is 55.8. The van der Waals surface area contributed by atoms with Crippen LogP contribution >= 0.6 is 0 Å². The van der Waals surface area contributed by atoms with Crippen molar-refractivity contribution in [3.63, 3.8) is 0 Å². The van der Waals surface area contributed by atoms with E-state index in [2.05, 4.69) is 166 Å². The van der Waals surface area contributed by atoms with Crippen LogP contribution in [0.1, 0.15) is 220 Å². The van der Waals surface area contributed by atoms with Gasteiger partial charge in [-0.1, -0.05) is 213 Å². The second-order valence-corrected chi connectivity index (χ2v) is 33.9. The number of aliphatic hydroxyl groups excluding tert-OH is 8. The number of carboxylic acids is 4. The van der Waals surface area contributed by atoms with E-state index in [9.17, 15) is 60.0 Å². The molecule has 4 aliphatic carbocycles. The molecule has 89 heavy (non-hydrogen) atoms. The Hall–Kier alpha value is -5.16. The first kappa shape index (κ1) is 83.8. The van der Waals surface area contributed by atoms with Gasteiger partial charge < -0.3 is 61.3 Å². The van der Waals surface area contributed by atoms with E-state index < -0.39 is 101 Å². The highest BCUT2D eigenvalue weighted by atomic mass is 16.4. The Kier molecular flexibility index (Phi) is 27.9. The summed E-state index contributed by atoms with van der Waals surface area (Å²) in [6, 6.07) is 0. The predicted molar refractivity (Wildman–Crippen MR) is 357 cm³/mol. The van der Waals surface area contributed by atoms with Crippen LogP contribution in [0, 0.1) is 94.1 Å². The first-order valence-corrected chi connectivity index (χ1v) is 31.4. The minimum Gasteiger partial charge on any atom is -0.512 e. The SMILES string of the molecule is CC(C(=O)O)C1=CC=C(O)C(C(C)(C)C)(C(C)(C)C)C1.CC(C(=O)O)C1=CC=C(O)C(C(C)(C)C)(C(C)(C)C)C1.CC(C(=O)O)C1=CC=C(O)C(C(C)(C)C)(C(C)(C)C)C1.CC(C(=O)O)C1=CC=C(O)C(C(C)(C)C)(C(C)(C)C)C1.OCC(CO)(CO)CO. The quantitative estimate of drug-likeness (QED) is 0.0864. The molecule has 0 bridgehead atoms. The molecule has 0 heterocycles. The molecule has 0 spiro atoms. The van der Waals surface area contributed by atoms with Gasteiger partial charge in [-0.2, -0.15) is 0 Å². The molecule has 4 aliphatic rings. The third-order valence-electron chi connectivity index (χ3n) is 20.7. The van der Waals surface area contributed by atoms with Gasteiger partial charge in [0, 0.05) is 21.7 Å². The van der Waals surface area contributed by atoms with Crippen LogP contribution in [0.15, 0.2) is 93.9 Å². The monoisotopic (exact) mass is 1260 g/mol. The molecule has 512 valence electrons. The van der Waals surface area contributed by atoms with Crippen LogP contribution in [0.25, 0.3) is 0 Å². The number of carbonyl (C=O) groups is 4. The van der Waals surface area contributed by atoms with Crippen LogP contribution in [-0.4, -0.2) is 112 Å². The molecule has 0 fully saturated rings. The zero-order valence-corrected chi connectivity index (χ0v) is 60.1. The van der Waals surface area contributed by atoms with Gasteiger partial charge in [-0.15, -0.1) is 0 Å². The molecule has 0 aliphatic heterocycles. The smallest absolute Gasteiger partial charge is 0.310 e. The summed E-state index contributed by atoms with van der Waals surface area (Å²) in [4.78, 5) is 45.1. The molecule has 16 heteroatoms. The lowest BCUT2D eigenvalue weighted by atomic mass is 9.49. The fourth-order valence-electron chi connectivity index (χ4n) is 15.0. The molecular formula is C73H124O16. The molecule has 4 atom stereocenters. The van der Waals surface area contributed by atoms with Crippen LogP contribution in [0.2, 0.25) is 0 Å². The topological polar surface area (TPSA) is 311 Å². The number of rotatable bonds is 12. The van der Waals surface area contributed by atoms with Gasteiger partial charge in [0.25, 0.3) is 0 Å². The number of aliphatic hydroxyl groups is 8. The van der Waals surface area contributed by atoms with Gasteiger partial charge in [-0.25, -0.2) is 0 Å². The van der Waals surface area contributed by atoms with Gasteiger partial charge in [0.1, 0.15) is 0 Å². The summed E-state index contributed by atoms with van der Waals surface area (Å²) >= 11 is 0. The van der Waals surface area contributed by atoms with Crippen molar-refractivity contribution < 1.29 is 80.5 Å². The van der Waals surface area contributed by atoms with Crippen LogP contribution in [0.5, 0.6) is 0 Å². The molecule has 4 unspecified atom stereocenters. The largest absolute Gasteiger partial charge is 0.512 e. The van der Waals surface area contributed by atoms with E-state index in [1.807, 2.05) is 0 Å². The number of hydrogen-bond acceptors (Lipinski definition) is 12. The molecule has 0 aromatic carbocycles. The Morgan fingerprint density at radius 2 is 0.427 bits per heavy atom. The van der Waals surface area contributed by atoms with Gasteiger partial charge in [0.05, 0.1) is 78.6 Å². The van der Waals surface area contributed by atoms with Crippen molar-refractivity contribution in [1.82, 2.24) is 0 Å². The maximum atomic E-state index is 11.3. The first-order chi connectivity index (χ1) is 39.6. The van der Waals surface area contributed by atoms with Gasteiger partial charge in [0.2, 0.25) is 0 Å². The molecule has 0 aromatic heterocycles. The van der Waals surface area contributed by atoms with Gasteiger partial charge in [0.15, 0.2) is 0 Å². The van der Waals surface area contributed by atoms with Crippen molar-refractivity contribution in [2.75, 3.05) is 26.4 Å². The van der Waals surface area contributed by atoms with Gasteiger partial charge in [-0.3, -0.25) is 19.2 Å². The normalized spacial score (nSPS) is 20.0. The van der Waals surface area contributed by atoms with E-state index >= 15 is 0 Å². The Morgan fingerprint density at radius 3 is 0.506 bits per heavy atom. The van der Waals surface area contributed by atoms with Crippen LogP contribution in [-0.2, 0) is 19.2 Å². The molecule has 0 amide bonds. The minimum absolute atomic E-state index is 0.177. The second-order valence-electron chi connectivity index (χ2n) is 33.9. The Labute approximate surface area is 536 Å². The molecule has 0 aromatic rings. The van der Waals surface area contributed by atoms with E-state index in [1.54, 1.807) is 76.3 Å². The summed E-state index contributed by atoms with van der Waals surface area (Å²) in [5.41, 5.74) is -0.885. The molecule has 12 N–H and O–H groups in total. The number of carboxylic acid groups (broad SMARTS) is 4.